The highest BCUT2D eigenvalue weighted by Gasteiger charge is 2.17. The third kappa shape index (κ3) is 5.03. The molecule has 0 fully saturated rings. The summed E-state index contributed by atoms with van der Waals surface area (Å²) in [5.74, 6) is 0.362. The maximum atomic E-state index is 11.9. The molecule has 0 aromatic heterocycles. The largest absolute Gasteiger partial charge is 0.348 e. The van der Waals surface area contributed by atoms with Crippen LogP contribution in [0.4, 0.5) is 0 Å². The van der Waals surface area contributed by atoms with Crippen molar-refractivity contribution >= 4 is 5.91 Å². The van der Waals surface area contributed by atoms with E-state index in [4.69, 9.17) is 5.73 Å². The van der Waals surface area contributed by atoms with Gasteiger partial charge in [0.2, 0.25) is 5.91 Å². The Bertz CT molecular complexity index is 398. The smallest absolute Gasteiger partial charge is 0.237 e. The molecule has 3 heteroatoms. The van der Waals surface area contributed by atoms with E-state index >= 15 is 0 Å². The first-order valence-electron chi connectivity index (χ1n) is 7.08. The SMILES string of the molecule is CCc1ccc(C(C)NC(=O)C(N)CC(C)C)cc1. The molecule has 0 heterocycles. The van der Waals surface area contributed by atoms with E-state index in [-0.39, 0.29) is 11.9 Å². The summed E-state index contributed by atoms with van der Waals surface area (Å²) in [5.41, 5.74) is 8.30. The van der Waals surface area contributed by atoms with Crippen molar-refractivity contribution in [3.63, 3.8) is 0 Å². The molecule has 19 heavy (non-hydrogen) atoms. The molecule has 0 aliphatic rings. The molecule has 0 saturated carbocycles. The van der Waals surface area contributed by atoms with Gasteiger partial charge < -0.3 is 11.1 Å². The molecule has 106 valence electrons. The number of carbonyl (C=O) groups excluding carboxylic acids is 1. The Morgan fingerprint density at radius 1 is 1.21 bits per heavy atom. The number of rotatable bonds is 6. The molecule has 3 nitrogen and oxygen atoms in total. The van der Waals surface area contributed by atoms with Gasteiger partial charge in [0.1, 0.15) is 0 Å². The van der Waals surface area contributed by atoms with Crippen molar-refractivity contribution in [1.82, 2.24) is 5.32 Å². The second kappa shape index (κ2) is 7.29. The normalized spacial score (nSPS) is 14.2. The second-order valence-corrected chi connectivity index (χ2v) is 5.56. The number of nitrogens with one attached hydrogen (secondary N) is 1. The topological polar surface area (TPSA) is 55.1 Å². The van der Waals surface area contributed by atoms with Crippen molar-refractivity contribution in [3.8, 4) is 0 Å². The van der Waals surface area contributed by atoms with Gasteiger partial charge >= 0.3 is 0 Å². The molecule has 0 aliphatic heterocycles. The molecule has 3 N–H and O–H groups in total. The van der Waals surface area contributed by atoms with Crippen molar-refractivity contribution in [2.45, 2.75) is 52.6 Å². The summed E-state index contributed by atoms with van der Waals surface area (Å²) in [7, 11) is 0. The van der Waals surface area contributed by atoms with Crippen LogP contribution in [0, 0.1) is 5.92 Å². The Morgan fingerprint density at radius 3 is 2.26 bits per heavy atom. The van der Waals surface area contributed by atoms with Gasteiger partial charge in [0.15, 0.2) is 0 Å². The van der Waals surface area contributed by atoms with Gasteiger partial charge in [-0.3, -0.25) is 4.79 Å². The lowest BCUT2D eigenvalue weighted by atomic mass is 10.0. The third-order valence-electron chi connectivity index (χ3n) is 3.31. The fourth-order valence-corrected chi connectivity index (χ4v) is 2.06. The van der Waals surface area contributed by atoms with E-state index in [1.165, 1.54) is 5.56 Å². The van der Waals surface area contributed by atoms with Crippen molar-refractivity contribution < 1.29 is 4.79 Å². The minimum absolute atomic E-state index is 0.00313. The van der Waals surface area contributed by atoms with Crippen LogP contribution in [-0.4, -0.2) is 11.9 Å². The molecular weight excluding hydrogens is 236 g/mol. The Hall–Kier alpha value is -1.35. The molecule has 0 saturated heterocycles. The average molecular weight is 262 g/mol. The van der Waals surface area contributed by atoms with Crippen LogP contribution in [0.3, 0.4) is 0 Å². The van der Waals surface area contributed by atoms with Gasteiger partial charge in [-0.15, -0.1) is 0 Å². The average Bonchev–Trinajstić information content (AvgIpc) is 2.37. The van der Waals surface area contributed by atoms with Crippen LogP contribution in [0.2, 0.25) is 0 Å². The van der Waals surface area contributed by atoms with Crippen LogP contribution in [0.25, 0.3) is 0 Å². The van der Waals surface area contributed by atoms with Gasteiger partial charge in [-0.1, -0.05) is 45.0 Å². The van der Waals surface area contributed by atoms with E-state index < -0.39 is 6.04 Å². The molecule has 1 rings (SSSR count). The van der Waals surface area contributed by atoms with Gasteiger partial charge in [0, 0.05) is 0 Å². The summed E-state index contributed by atoms with van der Waals surface area (Å²) >= 11 is 0. The van der Waals surface area contributed by atoms with Gasteiger partial charge in [-0.2, -0.15) is 0 Å². The number of aryl methyl sites for hydroxylation is 1. The quantitative estimate of drug-likeness (QED) is 0.828. The van der Waals surface area contributed by atoms with Crippen molar-refractivity contribution in [2.24, 2.45) is 11.7 Å². The summed E-state index contributed by atoms with van der Waals surface area (Å²) in [6.07, 6.45) is 1.74. The van der Waals surface area contributed by atoms with E-state index in [9.17, 15) is 4.79 Å². The monoisotopic (exact) mass is 262 g/mol. The van der Waals surface area contributed by atoms with E-state index in [1.54, 1.807) is 0 Å². The third-order valence-corrected chi connectivity index (χ3v) is 3.31. The minimum Gasteiger partial charge on any atom is -0.348 e. The van der Waals surface area contributed by atoms with Crippen LogP contribution in [0.1, 0.15) is 51.3 Å². The van der Waals surface area contributed by atoms with Crippen LogP contribution in [0.5, 0.6) is 0 Å². The number of hydrogen-bond donors (Lipinski definition) is 2. The van der Waals surface area contributed by atoms with E-state index in [1.807, 2.05) is 6.92 Å². The number of hydrogen-bond acceptors (Lipinski definition) is 2. The summed E-state index contributed by atoms with van der Waals surface area (Å²) in [5, 5.41) is 2.97. The number of amides is 1. The molecule has 2 unspecified atom stereocenters. The molecule has 0 aliphatic carbocycles. The lowest BCUT2D eigenvalue weighted by Gasteiger charge is -2.19. The Labute approximate surface area is 116 Å². The molecule has 1 aromatic carbocycles. The molecular formula is C16H26N2O. The predicted octanol–water partition coefficient (Wildman–Crippen LogP) is 2.80. The molecule has 1 aromatic rings. The first-order chi connectivity index (χ1) is 8.93. The van der Waals surface area contributed by atoms with Crippen LogP contribution < -0.4 is 11.1 Å². The summed E-state index contributed by atoms with van der Waals surface area (Å²) < 4.78 is 0. The Morgan fingerprint density at radius 2 is 1.79 bits per heavy atom. The van der Waals surface area contributed by atoms with E-state index in [0.29, 0.717) is 12.3 Å². The minimum atomic E-state index is -0.419. The zero-order chi connectivity index (χ0) is 14.4. The molecule has 0 bridgehead atoms. The van der Waals surface area contributed by atoms with Gasteiger partial charge in [0.05, 0.1) is 12.1 Å². The van der Waals surface area contributed by atoms with Crippen molar-refractivity contribution in [1.29, 1.82) is 0 Å². The first kappa shape index (κ1) is 15.7. The Kier molecular flexibility index (Phi) is 6.03. The molecule has 0 radical (unpaired) electrons. The number of nitrogens with two attached hydrogens (primary N) is 1. The lowest BCUT2D eigenvalue weighted by Crippen LogP contribution is -2.42. The number of benzene rings is 1. The molecule has 1 amide bonds. The standard InChI is InChI=1S/C16H26N2O/c1-5-13-6-8-14(9-7-13)12(4)18-16(19)15(17)10-11(2)3/h6-9,11-12,15H,5,10,17H2,1-4H3,(H,18,19). The maximum Gasteiger partial charge on any atom is 0.237 e. The molecule has 0 spiro atoms. The first-order valence-corrected chi connectivity index (χ1v) is 7.08. The highest BCUT2D eigenvalue weighted by molar-refractivity contribution is 5.81. The van der Waals surface area contributed by atoms with E-state index in [0.717, 1.165) is 12.0 Å². The van der Waals surface area contributed by atoms with Gasteiger partial charge in [0.25, 0.3) is 0 Å². The highest BCUT2D eigenvalue weighted by atomic mass is 16.2. The van der Waals surface area contributed by atoms with Crippen molar-refractivity contribution in [3.05, 3.63) is 35.4 Å². The summed E-state index contributed by atoms with van der Waals surface area (Å²) in [6.45, 7) is 8.26. The predicted molar refractivity (Wildman–Crippen MR) is 79.8 cm³/mol. The Balaban J connectivity index is 2.57. The zero-order valence-electron chi connectivity index (χ0n) is 12.4. The zero-order valence-corrected chi connectivity index (χ0v) is 12.4. The molecule has 2 atom stereocenters. The number of carbonyl (C=O) groups is 1. The second-order valence-electron chi connectivity index (χ2n) is 5.56. The van der Waals surface area contributed by atoms with Gasteiger partial charge in [-0.25, -0.2) is 0 Å². The maximum absolute atomic E-state index is 11.9. The van der Waals surface area contributed by atoms with Crippen LogP contribution in [-0.2, 0) is 11.2 Å². The van der Waals surface area contributed by atoms with Crippen LogP contribution >= 0.6 is 0 Å². The fraction of sp³-hybridized carbons (Fsp3) is 0.562. The fourth-order valence-electron chi connectivity index (χ4n) is 2.06. The summed E-state index contributed by atoms with van der Waals surface area (Å²) in [6, 6.07) is 7.92. The van der Waals surface area contributed by atoms with Crippen LogP contribution in [0.15, 0.2) is 24.3 Å². The lowest BCUT2D eigenvalue weighted by molar-refractivity contribution is -0.123. The highest BCUT2D eigenvalue weighted by Crippen LogP contribution is 2.14. The summed E-state index contributed by atoms with van der Waals surface area (Å²) in [4.78, 5) is 11.9. The van der Waals surface area contributed by atoms with Crippen molar-refractivity contribution in [2.75, 3.05) is 0 Å². The van der Waals surface area contributed by atoms with Gasteiger partial charge in [-0.05, 0) is 36.8 Å². The van der Waals surface area contributed by atoms with E-state index in [2.05, 4.69) is 50.4 Å².